The fraction of sp³-hybridized carbons (Fsp3) is 0.333. The first kappa shape index (κ1) is 12.6. The van der Waals surface area contributed by atoms with Gasteiger partial charge in [0, 0.05) is 15.9 Å². The predicted octanol–water partition coefficient (Wildman–Crippen LogP) is 4.49. The van der Waals surface area contributed by atoms with Crippen molar-refractivity contribution >= 4 is 33.6 Å². The van der Waals surface area contributed by atoms with Gasteiger partial charge in [-0.05, 0) is 24.6 Å². The number of alkyl halides is 1. The number of rotatable bonds is 5. The molecule has 0 unspecified atom stereocenters. The minimum absolute atomic E-state index is 0.514. The van der Waals surface area contributed by atoms with Crippen molar-refractivity contribution in [2.24, 2.45) is 0 Å². The number of benzene rings is 1. The number of ether oxygens (including phenoxy) is 1. The summed E-state index contributed by atoms with van der Waals surface area (Å²) in [6, 6.07) is 5.96. The third-order valence-corrected chi connectivity index (χ3v) is 2.49. The zero-order valence-corrected chi connectivity index (χ0v) is 11.0. The first-order valence-electron chi connectivity index (χ1n) is 4.92. The van der Waals surface area contributed by atoms with Gasteiger partial charge in [-0.15, -0.1) is 11.6 Å². The van der Waals surface area contributed by atoms with E-state index in [0.29, 0.717) is 5.88 Å². The van der Waals surface area contributed by atoms with Crippen molar-refractivity contribution in [1.82, 2.24) is 0 Å². The molecule has 1 rings (SSSR count). The average Bonchev–Trinajstić information content (AvgIpc) is 2.25. The van der Waals surface area contributed by atoms with Crippen molar-refractivity contribution in [2.75, 3.05) is 12.5 Å². The van der Waals surface area contributed by atoms with Crippen molar-refractivity contribution in [3.05, 3.63) is 34.3 Å². The fourth-order valence-corrected chi connectivity index (χ4v) is 1.63. The molecule has 82 valence electrons. The quantitative estimate of drug-likeness (QED) is 0.726. The molecule has 15 heavy (non-hydrogen) atoms. The van der Waals surface area contributed by atoms with Gasteiger partial charge in [-0.3, -0.25) is 0 Å². The molecule has 0 saturated carbocycles. The molecule has 0 atom stereocenters. The highest BCUT2D eigenvalue weighted by molar-refractivity contribution is 9.10. The first-order chi connectivity index (χ1) is 7.27. The van der Waals surface area contributed by atoms with E-state index in [1.165, 1.54) is 0 Å². The average molecular weight is 290 g/mol. The van der Waals surface area contributed by atoms with Gasteiger partial charge < -0.3 is 4.74 Å². The smallest absolute Gasteiger partial charge is 0.126 e. The van der Waals surface area contributed by atoms with E-state index in [1.807, 2.05) is 30.4 Å². The molecule has 0 aromatic heterocycles. The fourth-order valence-electron chi connectivity index (χ4n) is 1.16. The van der Waals surface area contributed by atoms with Crippen LogP contribution in [0.2, 0.25) is 0 Å². The molecule has 3 heteroatoms. The maximum atomic E-state index is 5.62. The van der Waals surface area contributed by atoms with E-state index in [4.69, 9.17) is 16.3 Å². The van der Waals surface area contributed by atoms with Gasteiger partial charge in [0.25, 0.3) is 0 Å². The lowest BCUT2D eigenvalue weighted by Crippen LogP contribution is -1.96. The van der Waals surface area contributed by atoms with E-state index in [0.717, 1.165) is 28.8 Å². The van der Waals surface area contributed by atoms with Crippen LogP contribution in [0.1, 0.15) is 18.9 Å². The van der Waals surface area contributed by atoms with Gasteiger partial charge in [0.1, 0.15) is 5.75 Å². The van der Waals surface area contributed by atoms with Crippen LogP contribution in [0.15, 0.2) is 28.7 Å². The molecular formula is C12H14BrClO. The molecule has 0 fully saturated rings. The number of hydrogen-bond donors (Lipinski definition) is 0. The summed E-state index contributed by atoms with van der Waals surface area (Å²) >= 11 is 9.04. The van der Waals surface area contributed by atoms with Gasteiger partial charge in [0.15, 0.2) is 0 Å². The van der Waals surface area contributed by atoms with Crippen molar-refractivity contribution in [1.29, 1.82) is 0 Å². The molecule has 0 heterocycles. The van der Waals surface area contributed by atoms with Gasteiger partial charge >= 0.3 is 0 Å². The Hall–Kier alpha value is -0.470. The Bertz CT molecular complexity index is 336. The highest BCUT2D eigenvalue weighted by Crippen LogP contribution is 2.24. The summed E-state index contributed by atoms with van der Waals surface area (Å²) in [5, 5.41) is 0. The molecule has 0 aliphatic rings. The molecule has 0 radical (unpaired) electrons. The van der Waals surface area contributed by atoms with Crippen LogP contribution < -0.4 is 4.74 Å². The van der Waals surface area contributed by atoms with Crippen LogP contribution in [0.4, 0.5) is 0 Å². The third-order valence-electron chi connectivity index (χ3n) is 1.82. The molecule has 1 aromatic carbocycles. The zero-order chi connectivity index (χ0) is 11.1. The molecule has 0 amide bonds. The summed E-state index contributed by atoms with van der Waals surface area (Å²) in [5.74, 6) is 1.42. The minimum Gasteiger partial charge on any atom is -0.493 e. The molecule has 1 aromatic rings. The summed E-state index contributed by atoms with van der Waals surface area (Å²) in [6.07, 6.45) is 4.89. The van der Waals surface area contributed by atoms with Crippen LogP contribution >= 0.6 is 27.5 Å². The minimum atomic E-state index is 0.514. The zero-order valence-electron chi connectivity index (χ0n) is 8.67. The molecule has 0 bridgehead atoms. The van der Waals surface area contributed by atoms with E-state index < -0.39 is 0 Å². The molecule has 0 aliphatic carbocycles. The second kappa shape index (κ2) is 6.91. The Labute approximate surface area is 104 Å². The summed E-state index contributed by atoms with van der Waals surface area (Å²) in [4.78, 5) is 0. The second-order valence-electron chi connectivity index (χ2n) is 3.09. The van der Waals surface area contributed by atoms with Crippen molar-refractivity contribution in [3.63, 3.8) is 0 Å². The SMILES string of the molecule is CCCOc1ccc(Br)cc1C=CCCl. The van der Waals surface area contributed by atoms with Gasteiger partial charge in [0.05, 0.1) is 6.61 Å². The van der Waals surface area contributed by atoms with Crippen LogP contribution in [-0.2, 0) is 0 Å². The van der Waals surface area contributed by atoms with E-state index in [9.17, 15) is 0 Å². The Balaban J connectivity index is 2.87. The van der Waals surface area contributed by atoms with Gasteiger partial charge in [-0.1, -0.05) is 35.0 Å². The summed E-state index contributed by atoms with van der Waals surface area (Å²) in [6.45, 7) is 2.83. The summed E-state index contributed by atoms with van der Waals surface area (Å²) < 4.78 is 6.67. The standard InChI is InChI=1S/C12H14BrClO/c1-2-8-15-12-6-5-11(13)9-10(12)4-3-7-14/h3-6,9H,2,7-8H2,1H3. The molecule has 0 aliphatic heterocycles. The predicted molar refractivity (Wildman–Crippen MR) is 69.7 cm³/mol. The second-order valence-corrected chi connectivity index (χ2v) is 4.31. The van der Waals surface area contributed by atoms with Crippen LogP contribution in [0.25, 0.3) is 6.08 Å². The highest BCUT2D eigenvalue weighted by atomic mass is 79.9. The van der Waals surface area contributed by atoms with Crippen LogP contribution in [0, 0.1) is 0 Å². The van der Waals surface area contributed by atoms with E-state index in [2.05, 4.69) is 22.9 Å². The van der Waals surface area contributed by atoms with E-state index >= 15 is 0 Å². The lowest BCUT2D eigenvalue weighted by Gasteiger charge is -2.08. The van der Waals surface area contributed by atoms with E-state index in [1.54, 1.807) is 0 Å². The maximum absolute atomic E-state index is 5.62. The molecule has 0 spiro atoms. The third kappa shape index (κ3) is 4.27. The Morgan fingerprint density at radius 1 is 1.47 bits per heavy atom. The number of allylic oxidation sites excluding steroid dienone is 1. The monoisotopic (exact) mass is 288 g/mol. The van der Waals surface area contributed by atoms with Crippen molar-refractivity contribution in [3.8, 4) is 5.75 Å². The van der Waals surface area contributed by atoms with Crippen LogP contribution in [0.5, 0.6) is 5.75 Å². The molecule has 0 N–H and O–H groups in total. The lowest BCUT2D eigenvalue weighted by atomic mass is 10.2. The van der Waals surface area contributed by atoms with Gasteiger partial charge in [-0.25, -0.2) is 0 Å². The molecule has 1 nitrogen and oxygen atoms in total. The Morgan fingerprint density at radius 3 is 2.93 bits per heavy atom. The maximum Gasteiger partial charge on any atom is 0.126 e. The topological polar surface area (TPSA) is 9.23 Å². The van der Waals surface area contributed by atoms with Crippen molar-refractivity contribution < 1.29 is 4.74 Å². The Morgan fingerprint density at radius 2 is 2.27 bits per heavy atom. The number of hydrogen-bond acceptors (Lipinski definition) is 1. The highest BCUT2D eigenvalue weighted by Gasteiger charge is 2.00. The van der Waals surface area contributed by atoms with Crippen LogP contribution in [-0.4, -0.2) is 12.5 Å². The first-order valence-corrected chi connectivity index (χ1v) is 6.25. The molecule has 0 saturated heterocycles. The lowest BCUT2D eigenvalue weighted by molar-refractivity contribution is 0.317. The Kier molecular flexibility index (Phi) is 5.81. The van der Waals surface area contributed by atoms with Gasteiger partial charge in [0.2, 0.25) is 0 Å². The normalized spacial score (nSPS) is 10.9. The van der Waals surface area contributed by atoms with Crippen LogP contribution in [0.3, 0.4) is 0 Å². The van der Waals surface area contributed by atoms with Gasteiger partial charge in [-0.2, -0.15) is 0 Å². The summed E-state index contributed by atoms with van der Waals surface area (Å²) in [5.41, 5.74) is 1.05. The van der Waals surface area contributed by atoms with E-state index in [-0.39, 0.29) is 0 Å². The largest absolute Gasteiger partial charge is 0.493 e. The molecular weight excluding hydrogens is 275 g/mol. The summed E-state index contributed by atoms with van der Waals surface area (Å²) in [7, 11) is 0. The van der Waals surface area contributed by atoms with Crippen molar-refractivity contribution in [2.45, 2.75) is 13.3 Å². The number of halogens is 2.